The molecule has 1 aromatic rings. The highest BCUT2D eigenvalue weighted by molar-refractivity contribution is 8.69. The lowest BCUT2D eigenvalue weighted by molar-refractivity contribution is -0.139. The van der Waals surface area contributed by atoms with E-state index in [4.69, 9.17) is 54.9 Å². The van der Waals surface area contributed by atoms with Gasteiger partial charge in [0.05, 0.1) is 23.3 Å². The quantitative estimate of drug-likeness (QED) is 0.199. The van der Waals surface area contributed by atoms with Gasteiger partial charge in [-0.25, -0.2) is 0 Å². The lowest BCUT2D eigenvalue weighted by Gasteiger charge is -2.19. The Balaban J connectivity index is 0.000000684. The number of halogens is 2. The van der Waals surface area contributed by atoms with E-state index in [1.807, 2.05) is 33.8 Å². The molecule has 0 spiro atoms. The van der Waals surface area contributed by atoms with Crippen LogP contribution in [-0.2, 0) is 25.6 Å². The number of thioether (sulfide) groups is 1. The molecule has 0 fully saturated rings. The Labute approximate surface area is 191 Å². The van der Waals surface area contributed by atoms with Crippen LogP contribution < -0.4 is 5.73 Å². The van der Waals surface area contributed by atoms with Gasteiger partial charge in [0.2, 0.25) is 5.69 Å². The Bertz CT molecular complexity index is 645. The smallest absolute Gasteiger partial charge is 0.320 e. The fourth-order valence-corrected chi connectivity index (χ4v) is 9.20. The van der Waals surface area contributed by atoms with Crippen molar-refractivity contribution in [1.29, 1.82) is 0 Å². The van der Waals surface area contributed by atoms with Crippen molar-refractivity contribution in [2.45, 2.75) is 45.1 Å². The standard InChI is InChI=1S/C11H15Cl2O2PS3.C6H13NO2/c1-3-14-16(17,15-4-2)19-8-18-11-7-9(12)5-6-10(11)13;1-3-4(2)5(7)6(8)9/h5-7H,3-4,8H2,1-2H3;4-5H,3,7H2,1-2H3,(H,8,9). The molecule has 0 aliphatic carbocycles. The molecule has 5 nitrogen and oxygen atoms in total. The molecule has 0 saturated carbocycles. The van der Waals surface area contributed by atoms with Gasteiger partial charge in [0, 0.05) is 9.92 Å². The number of aliphatic carboxylic acids is 1. The van der Waals surface area contributed by atoms with Crippen molar-refractivity contribution >= 4 is 69.8 Å². The molecule has 1 rings (SSSR count). The first-order valence-electron chi connectivity index (χ1n) is 8.70. The number of carboxylic acid groups (broad SMARTS) is 1. The molecule has 0 aromatic heterocycles. The summed E-state index contributed by atoms with van der Waals surface area (Å²) in [5.41, 5.74) is 3.04. The number of benzene rings is 1. The molecule has 0 heterocycles. The van der Waals surface area contributed by atoms with Crippen LogP contribution >= 0.6 is 52.0 Å². The third-order valence-corrected chi connectivity index (χ3v) is 11.2. The molecule has 0 bridgehead atoms. The fraction of sp³-hybridized carbons (Fsp3) is 0.588. The third kappa shape index (κ3) is 11.6. The van der Waals surface area contributed by atoms with Crippen molar-refractivity contribution < 1.29 is 18.9 Å². The highest BCUT2D eigenvalue weighted by Crippen LogP contribution is 2.62. The summed E-state index contributed by atoms with van der Waals surface area (Å²) < 4.78 is 11.1. The van der Waals surface area contributed by atoms with Gasteiger partial charge < -0.3 is 19.9 Å². The van der Waals surface area contributed by atoms with Crippen molar-refractivity contribution in [2.75, 3.05) is 18.3 Å². The Kier molecular flexibility index (Phi) is 15.6. The van der Waals surface area contributed by atoms with Gasteiger partial charge in [0.1, 0.15) is 6.04 Å². The van der Waals surface area contributed by atoms with E-state index in [9.17, 15) is 4.79 Å². The van der Waals surface area contributed by atoms with Crippen LogP contribution in [0.3, 0.4) is 0 Å². The average molecular weight is 508 g/mol. The summed E-state index contributed by atoms with van der Waals surface area (Å²) in [6.45, 7) is 8.72. The lowest BCUT2D eigenvalue weighted by Crippen LogP contribution is -2.36. The second-order valence-corrected chi connectivity index (χ2v) is 14.0. The molecule has 0 aliphatic heterocycles. The molecule has 0 saturated heterocycles. The number of hydrogen-bond acceptors (Lipinski definition) is 7. The molecule has 28 heavy (non-hydrogen) atoms. The summed E-state index contributed by atoms with van der Waals surface area (Å²) in [6.07, 6.45) is 0.813. The number of rotatable bonds is 11. The van der Waals surface area contributed by atoms with E-state index in [1.54, 1.807) is 23.9 Å². The second kappa shape index (κ2) is 15.3. The van der Waals surface area contributed by atoms with E-state index in [0.717, 1.165) is 16.4 Å². The van der Waals surface area contributed by atoms with Crippen LogP contribution in [0.5, 0.6) is 0 Å². The minimum absolute atomic E-state index is 0.0718. The fourth-order valence-electron chi connectivity index (χ4n) is 1.67. The lowest BCUT2D eigenvalue weighted by atomic mass is 10.0. The molecule has 2 unspecified atom stereocenters. The van der Waals surface area contributed by atoms with Crippen LogP contribution in [0.1, 0.15) is 34.1 Å². The van der Waals surface area contributed by atoms with E-state index in [0.29, 0.717) is 23.3 Å². The molecule has 162 valence electrons. The maximum Gasteiger partial charge on any atom is 0.320 e. The maximum atomic E-state index is 10.2. The average Bonchev–Trinajstić information content (AvgIpc) is 2.64. The molecule has 2 atom stereocenters. The zero-order valence-electron chi connectivity index (χ0n) is 16.4. The normalized spacial score (nSPS) is 13.4. The Morgan fingerprint density at radius 3 is 2.29 bits per heavy atom. The minimum atomic E-state index is -2.23. The Morgan fingerprint density at radius 2 is 1.86 bits per heavy atom. The van der Waals surface area contributed by atoms with Crippen molar-refractivity contribution in [3.05, 3.63) is 28.2 Å². The van der Waals surface area contributed by atoms with Gasteiger partial charge in [0.25, 0.3) is 0 Å². The highest BCUT2D eigenvalue weighted by atomic mass is 35.5. The molecule has 0 amide bonds. The Morgan fingerprint density at radius 1 is 1.29 bits per heavy atom. The van der Waals surface area contributed by atoms with Gasteiger partial charge in [0.15, 0.2) is 0 Å². The summed E-state index contributed by atoms with van der Waals surface area (Å²) in [4.78, 5) is 11.1. The van der Waals surface area contributed by atoms with Gasteiger partial charge in [-0.05, 0) is 49.8 Å². The summed E-state index contributed by atoms with van der Waals surface area (Å²) in [5.74, 6) is -0.841. The zero-order chi connectivity index (χ0) is 21.7. The molecular weight excluding hydrogens is 480 g/mol. The van der Waals surface area contributed by atoms with E-state index in [2.05, 4.69) is 0 Å². The molecular formula is C17H28Cl2NO4PS3. The summed E-state index contributed by atoms with van der Waals surface area (Å²) in [7, 11) is 0. The molecule has 1 aromatic carbocycles. The number of carboxylic acids is 1. The zero-order valence-corrected chi connectivity index (χ0v) is 21.2. The number of hydrogen-bond donors (Lipinski definition) is 2. The van der Waals surface area contributed by atoms with Crippen LogP contribution in [0.15, 0.2) is 23.1 Å². The van der Waals surface area contributed by atoms with Gasteiger partial charge >= 0.3 is 5.97 Å². The minimum Gasteiger partial charge on any atom is -0.480 e. The Hall–Kier alpha value is 0.500. The second-order valence-electron chi connectivity index (χ2n) is 5.50. The van der Waals surface area contributed by atoms with E-state index in [-0.39, 0.29) is 5.92 Å². The maximum absolute atomic E-state index is 10.2. The van der Waals surface area contributed by atoms with Crippen LogP contribution in [0.25, 0.3) is 0 Å². The highest BCUT2D eigenvalue weighted by Gasteiger charge is 2.19. The predicted octanol–water partition coefficient (Wildman–Crippen LogP) is 6.52. The largest absolute Gasteiger partial charge is 0.480 e. The van der Waals surface area contributed by atoms with Gasteiger partial charge in [-0.2, -0.15) is 0 Å². The number of nitrogens with two attached hydrogens (primary N) is 1. The van der Waals surface area contributed by atoms with E-state index < -0.39 is 17.7 Å². The van der Waals surface area contributed by atoms with Crippen molar-refractivity contribution in [3.8, 4) is 0 Å². The predicted molar refractivity (Wildman–Crippen MR) is 127 cm³/mol. The third-order valence-electron chi connectivity index (χ3n) is 3.44. The van der Waals surface area contributed by atoms with E-state index in [1.165, 1.54) is 11.4 Å². The van der Waals surface area contributed by atoms with Crippen molar-refractivity contribution in [1.82, 2.24) is 0 Å². The topological polar surface area (TPSA) is 81.8 Å². The summed E-state index contributed by atoms with van der Waals surface area (Å²) in [5, 5.41) is 10.4. The van der Waals surface area contributed by atoms with Crippen LogP contribution in [0.2, 0.25) is 10.0 Å². The van der Waals surface area contributed by atoms with Crippen molar-refractivity contribution in [2.24, 2.45) is 11.7 Å². The first-order chi connectivity index (χ1) is 13.1. The first kappa shape index (κ1) is 28.5. The molecule has 11 heteroatoms. The monoisotopic (exact) mass is 507 g/mol. The van der Waals surface area contributed by atoms with Crippen LogP contribution in [0, 0.1) is 5.92 Å². The van der Waals surface area contributed by atoms with Gasteiger partial charge in [-0.3, -0.25) is 4.79 Å². The van der Waals surface area contributed by atoms with Crippen LogP contribution in [0.4, 0.5) is 0 Å². The van der Waals surface area contributed by atoms with Gasteiger partial charge in [-0.1, -0.05) is 54.9 Å². The van der Waals surface area contributed by atoms with E-state index >= 15 is 0 Å². The van der Waals surface area contributed by atoms with Crippen molar-refractivity contribution in [3.63, 3.8) is 0 Å². The van der Waals surface area contributed by atoms with Crippen LogP contribution in [-0.4, -0.2) is 35.4 Å². The van der Waals surface area contributed by atoms with Gasteiger partial charge in [-0.15, -0.1) is 11.8 Å². The first-order valence-corrected chi connectivity index (χ1v) is 14.7. The molecule has 0 radical (unpaired) electrons. The SMILES string of the molecule is CCC(C)C(N)C(=O)O.CCOP(=S)(OCC)SCSc1cc(Cl)ccc1Cl. The summed E-state index contributed by atoms with van der Waals surface area (Å²) in [6, 6.07) is 4.71. The molecule has 3 N–H and O–H groups in total. The summed E-state index contributed by atoms with van der Waals surface area (Å²) >= 11 is 20.6. The molecule has 0 aliphatic rings. The number of carbonyl (C=O) groups is 1.